The van der Waals surface area contributed by atoms with E-state index >= 15 is 0 Å². The van der Waals surface area contributed by atoms with Gasteiger partial charge in [-0.05, 0) is 31.9 Å². The zero-order chi connectivity index (χ0) is 14.9. The number of carbonyl (C=O) groups is 2. The number of amides is 2. The molecule has 0 bridgehead atoms. The van der Waals surface area contributed by atoms with E-state index in [0.29, 0.717) is 0 Å². The largest absolute Gasteiger partial charge is 0.465 e. The van der Waals surface area contributed by atoms with Gasteiger partial charge in [0.05, 0.1) is 17.8 Å². The van der Waals surface area contributed by atoms with Gasteiger partial charge in [0.15, 0.2) is 5.82 Å². The Morgan fingerprint density at radius 3 is 2.60 bits per heavy atom. The van der Waals surface area contributed by atoms with Gasteiger partial charge in [-0.2, -0.15) is 0 Å². The van der Waals surface area contributed by atoms with Crippen LogP contribution in [0, 0.1) is 5.82 Å². The van der Waals surface area contributed by atoms with Crippen molar-refractivity contribution in [1.29, 1.82) is 0 Å². The van der Waals surface area contributed by atoms with Crippen molar-refractivity contribution in [2.24, 2.45) is 0 Å². The van der Waals surface area contributed by atoms with Crippen LogP contribution in [0.2, 0.25) is 5.02 Å². The van der Waals surface area contributed by atoms with Gasteiger partial charge in [0, 0.05) is 5.54 Å². The lowest BCUT2D eigenvalue weighted by molar-refractivity contribution is 0.0596. The second-order valence-electron chi connectivity index (χ2n) is 4.92. The molecule has 0 saturated heterocycles. The SMILES string of the molecule is COC(=O)c1c(Cl)ccc(NC(=O)NC2(C)CC2)c1F. The van der Waals surface area contributed by atoms with E-state index in [2.05, 4.69) is 15.4 Å². The molecular weight excluding hydrogens is 287 g/mol. The van der Waals surface area contributed by atoms with Gasteiger partial charge in [0.2, 0.25) is 0 Å². The highest BCUT2D eigenvalue weighted by Gasteiger charge is 2.38. The van der Waals surface area contributed by atoms with Crippen LogP contribution < -0.4 is 10.6 Å². The minimum absolute atomic E-state index is 0.0746. The summed E-state index contributed by atoms with van der Waals surface area (Å²) in [5.74, 6) is -1.81. The fourth-order valence-corrected chi connectivity index (χ4v) is 1.90. The zero-order valence-electron chi connectivity index (χ0n) is 11.0. The number of methoxy groups -OCH3 is 1. The number of anilines is 1. The molecule has 20 heavy (non-hydrogen) atoms. The highest BCUT2D eigenvalue weighted by molar-refractivity contribution is 6.33. The number of ether oxygens (including phenoxy) is 1. The quantitative estimate of drug-likeness (QED) is 0.843. The first-order valence-corrected chi connectivity index (χ1v) is 6.39. The summed E-state index contributed by atoms with van der Waals surface area (Å²) in [6.07, 6.45) is 1.77. The molecule has 1 aromatic carbocycles. The fraction of sp³-hybridized carbons (Fsp3) is 0.385. The number of rotatable bonds is 3. The average Bonchev–Trinajstić information content (AvgIpc) is 3.10. The first-order valence-electron chi connectivity index (χ1n) is 6.02. The van der Waals surface area contributed by atoms with Gasteiger partial charge in [-0.15, -0.1) is 0 Å². The lowest BCUT2D eigenvalue weighted by Crippen LogP contribution is -2.37. The lowest BCUT2D eigenvalue weighted by atomic mass is 10.2. The summed E-state index contributed by atoms with van der Waals surface area (Å²) in [5, 5.41) is 5.00. The molecule has 1 saturated carbocycles. The summed E-state index contributed by atoms with van der Waals surface area (Å²) in [5.41, 5.74) is -0.751. The lowest BCUT2D eigenvalue weighted by Gasteiger charge is -2.14. The number of esters is 1. The van der Waals surface area contributed by atoms with Gasteiger partial charge < -0.3 is 15.4 Å². The molecule has 2 rings (SSSR count). The normalized spacial score (nSPS) is 15.4. The van der Waals surface area contributed by atoms with Crippen LogP contribution in [-0.2, 0) is 4.74 Å². The van der Waals surface area contributed by atoms with Crippen LogP contribution in [0.15, 0.2) is 12.1 Å². The Balaban J connectivity index is 2.20. The van der Waals surface area contributed by atoms with Crippen LogP contribution in [0.3, 0.4) is 0 Å². The van der Waals surface area contributed by atoms with Crippen LogP contribution in [0.25, 0.3) is 0 Å². The highest BCUT2D eigenvalue weighted by atomic mass is 35.5. The Kier molecular flexibility index (Phi) is 3.85. The molecule has 0 atom stereocenters. The molecule has 0 aromatic heterocycles. The smallest absolute Gasteiger partial charge is 0.342 e. The molecule has 2 N–H and O–H groups in total. The third kappa shape index (κ3) is 3.01. The Bertz CT molecular complexity index is 573. The minimum Gasteiger partial charge on any atom is -0.465 e. The molecule has 0 aliphatic heterocycles. The van der Waals surface area contributed by atoms with Crippen molar-refractivity contribution in [3.8, 4) is 0 Å². The molecule has 5 nitrogen and oxygen atoms in total. The third-order valence-electron chi connectivity index (χ3n) is 3.14. The summed E-state index contributed by atoms with van der Waals surface area (Å²) in [6, 6.07) is 2.09. The molecule has 1 aliphatic rings. The first kappa shape index (κ1) is 14.6. The molecule has 1 fully saturated rings. The van der Waals surface area contributed by atoms with E-state index in [0.717, 1.165) is 20.0 Å². The fourth-order valence-electron chi connectivity index (χ4n) is 1.68. The van der Waals surface area contributed by atoms with Crippen molar-refractivity contribution in [1.82, 2.24) is 5.32 Å². The van der Waals surface area contributed by atoms with Gasteiger partial charge in [0.25, 0.3) is 0 Å². The van der Waals surface area contributed by atoms with E-state index in [-0.39, 0.29) is 16.2 Å². The van der Waals surface area contributed by atoms with E-state index in [1.165, 1.54) is 12.1 Å². The number of nitrogens with one attached hydrogen (secondary N) is 2. The average molecular weight is 301 g/mol. The van der Waals surface area contributed by atoms with Gasteiger partial charge in [-0.1, -0.05) is 11.6 Å². The van der Waals surface area contributed by atoms with Crippen LogP contribution in [0.4, 0.5) is 14.9 Å². The zero-order valence-corrected chi connectivity index (χ0v) is 11.8. The minimum atomic E-state index is -0.916. The molecule has 2 amide bonds. The van der Waals surface area contributed by atoms with Crippen molar-refractivity contribution in [3.63, 3.8) is 0 Å². The molecule has 1 aliphatic carbocycles. The molecular formula is C13H14ClFN2O3. The van der Waals surface area contributed by atoms with Gasteiger partial charge in [-0.25, -0.2) is 14.0 Å². The van der Waals surface area contributed by atoms with E-state index in [4.69, 9.17) is 11.6 Å². The number of hydrogen-bond donors (Lipinski definition) is 2. The van der Waals surface area contributed by atoms with E-state index in [1.54, 1.807) is 0 Å². The summed E-state index contributed by atoms with van der Waals surface area (Å²) in [6.45, 7) is 1.89. The highest BCUT2D eigenvalue weighted by Crippen LogP contribution is 2.34. The Morgan fingerprint density at radius 1 is 1.40 bits per heavy atom. The standard InChI is InChI=1S/C13H14ClFN2O3/c1-13(5-6-13)17-12(19)16-8-4-3-7(14)9(10(8)15)11(18)20-2/h3-4H,5-6H2,1-2H3,(H2,16,17,19). The monoisotopic (exact) mass is 300 g/mol. The van der Waals surface area contributed by atoms with Gasteiger partial charge >= 0.3 is 12.0 Å². The van der Waals surface area contributed by atoms with Crippen LogP contribution >= 0.6 is 11.6 Å². The Morgan fingerprint density at radius 2 is 2.05 bits per heavy atom. The predicted octanol–water partition coefficient (Wildman–Crippen LogP) is 2.94. The molecule has 1 aromatic rings. The van der Waals surface area contributed by atoms with Crippen molar-refractivity contribution < 1.29 is 18.7 Å². The summed E-state index contributed by atoms with van der Waals surface area (Å²) >= 11 is 5.76. The van der Waals surface area contributed by atoms with Crippen molar-refractivity contribution >= 4 is 29.3 Å². The number of urea groups is 1. The number of carbonyl (C=O) groups excluding carboxylic acids is 2. The van der Waals surface area contributed by atoms with Crippen molar-refractivity contribution in [2.45, 2.75) is 25.3 Å². The summed E-state index contributed by atoms with van der Waals surface area (Å²) in [4.78, 5) is 23.2. The van der Waals surface area contributed by atoms with Crippen molar-refractivity contribution in [3.05, 3.63) is 28.5 Å². The number of hydrogen-bond acceptors (Lipinski definition) is 3. The van der Waals surface area contributed by atoms with Gasteiger partial charge in [-0.3, -0.25) is 0 Å². The summed E-state index contributed by atoms with van der Waals surface area (Å²) in [7, 11) is 1.12. The predicted molar refractivity (Wildman–Crippen MR) is 72.5 cm³/mol. The maximum atomic E-state index is 14.2. The summed E-state index contributed by atoms with van der Waals surface area (Å²) < 4.78 is 18.6. The van der Waals surface area contributed by atoms with Crippen LogP contribution in [0.5, 0.6) is 0 Å². The first-order chi connectivity index (χ1) is 9.36. The Labute approximate surface area is 120 Å². The maximum absolute atomic E-state index is 14.2. The number of halogens is 2. The van der Waals surface area contributed by atoms with E-state index in [9.17, 15) is 14.0 Å². The van der Waals surface area contributed by atoms with Crippen LogP contribution in [-0.4, -0.2) is 24.6 Å². The second kappa shape index (κ2) is 5.28. The molecule has 7 heteroatoms. The molecule has 108 valence electrons. The van der Waals surface area contributed by atoms with Gasteiger partial charge in [0.1, 0.15) is 5.56 Å². The van der Waals surface area contributed by atoms with Crippen LogP contribution in [0.1, 0.15) is 30.1 Å². The second-order valence-corrected chi connectivity index (χ2v) is 5.32. The maximum Gasteiger partial charge on any atom is 0.342 e. The molecule has 0 spiro atoms. The van der Waals surface area contributed by atoms with Crippen molar-refractivity contribution in [2.75, 3.05) is 12.4 Å². The van der Waals surface area contributed by atoms with E-state index < -0.39 is 23.4 Å². The molecule has 0 radical (unpaired) electrons. The number of benzene rings is 1. The molecule has 0 heterocycles. The topological polar surface area (TPSA) is 67.4 Å². The molecule has 0 unspecified atom stereocenters. The van der Waals surface area contributed by atoms with E-state index in [1.807, 2.05) is 6.92 Å². The third-order valence-corrected chi connectivity index (χ3v) is 3.46. The Hall–Kier alpha value is -1.82.